The second-order valence-corrected chi connectivity index (χ2v) is 5.51. The van der Waals surface area contributed by atoms with Crippen molar-refractivity contribution in [1.29, 1.82) is 0 Å². The van der Waals surface area contributed by atoms with Crippen molar-refractivity contribution in [1.82, 2.24) is 0 Å². The molecule has 0 spiro atoms. The summed E-state index contributed by atoms with van der Waals surface area (Å²) < 4.78 is 0. The van der Waals surface area contributed by atoms with Crippen LogP contribution in [0.1, 0.15) is 11.1 Å². The molecule has 4 nitrogen and oxygen atoms in total. The van der Waals surface area contributed by atoms with E-state index in [-0.39, 0.29) is 5.11 Å². The lowest BCUT2D eigenvalue weighted by Crippen LogP contribution is -2.49. The number of nitrogens with zero attached hydrogens (tertiary/aromatic N) is 1. The number of anilines is 1. The number of hydrogen-bond acceptors (Lipinski definition) is 2. The summed E-state index contributed by atoms with van der Waals surface area (Å²) in [4.78, 5) is 13.2. The molecule has 114 valence electrons. The summed E-state index contributed by atoms with van der Waals surface area (Å²) in [7, 11) is 0. The Bertz CT molecular complexity index is 656. The number of aliphatic carboxylic acids is 1. The standard InChI is InChI=1S/C17H18N2O2S/c1-12-7-9-14(10-8-12)19(17(18)22)15(16(20)21)11-13-5-3-2-4-6-13/h2-10,15H,11H2,1H3,(H2,18,22)(H,20,21). The monoisotopic (exact) mass is 314 g/mol. The second-order valence-electron chi connectivity index (χ2n) is 5.09. The molecular weight excluding hydrogens is 296 g/mol. The van der Waals surface area contributed by atoms with E-state index in [2.05, 4.69) is 0 Å². The Morgan fingerprint density at radius 3 is 2.27 bits per heavy atom. The van der Waals surface area contributed by atoms with Gasteiger partial charge >= 0.3 is 5.97 Å². The van der Waals surface area contributed by atoms with E-state index in [0.717, 1.165) is 11.1 Å². The zero-order valence-electron chi connectivity index (χ0n) is 12.3. The van der Waals surface area contributed by atoms with Crippen LogP contribution in [0.2, 0.25) is 0 Å². The van der Waals surface area contributed by atoms with Gasteiger partial charge in [-0.05, 0) is 36.8 Å². The van der Waals surface area contributed by atoms with Gasteiger partial charge < -0.3 is 15.7 Å². The van der Waals surface area contributed by atoms with Gasteiger partial charge in [-0.1, -0.05) is 48.0 Å². The van der Waals surface area contributed by atoms with Crippen molar-refractivity contribution >= 4 is 29.0 Å². The predicted molar refractivity (Wildman–Crippen MR) is 92.0 cm³/mol. The topological polar surface area (TPSA) is 66.6 Å². The van der Waals surface area contributed by atoms with Crippen molar-refractivity contribution in [3.63, 3.8) is 0 Å². The van der Waals surface area contributed by atoms with Crippen molar-refractivity contribution in [3.05, 3.63) is 65.7 Å². The second kappa shape index (κ2) is 7.04. The molecule has 0 radical (unpaired) electrons. The van der Waals surface area contributed by atoms with Crippen LogP contribution < -0.4 is 10.6 Å². The lowest BCUT2D eigenvalue weighted by molar-refractivity contribution is -0.138. The van der Waals surface area contributed by atoms with Crippen LogP contribution in [-0.2, 0) is 11.2 Å². The van der Waals surface area contributed by atoms with Gasteiger partial charge in [-0.3, -0.25) is 0 Å². The highest BCUT2D eigenvalue weighted by Gasteiger charge is 2.28. The first-order valence-corrected chi connectivity index (χ1v) is 7.32. The minimum atomic E-state index is -0.961. The summed E-state index contributed by atoms with van der Waals surface area (Å²) in [5, 5.41) is 9.66. The maximum Gasteiger partial charge on any atom is 0.327 e. The Morgan fingerprint density at radius 1 is 1.18 bits per heavy atom. The average molecular weight is 314 g/mol. The molecule has 0 aliphatic rings. The molecule has 0 heterocycles. The van der Waals surface area contributed by atoms with Gasteiger partial charge in [0.15, 0.2) is 5.11 Å². The van der Waals surface area contributed by atoms with E-state index in [0.29, 0.717) is 12.1 Å². The molecule has 5 heteroatoms. The molecule has 1 unspecified atom stereocenters. The van der Waals surface area contributed by atoms with E-state index in [9.17, 15) is 9.90 Å². The van der Waals surface area contributed by atoms with Crippen LogP contribution >= 0.6 is 12.2 Å². The molecule has 0 fully saturated rings. The zero-order chi connectivity index (χ0) is 16.1. The number of carbonyl (C=O) groups is 1. The molecule has 22 heavy (non-hydrogen) atoms. The number of nitrogens with two attached hydrogens (primary N) is 1. The van der Waals surface area contributed by atoms with Crippen LogP contribution in [0.3, 0.4) is 0 Å². The van der Waals surface area contributed by atoms with Crippen molar-refractivity contribution in [2.45, 2.75) is 19.4 Å². The van der Waals surface area contributed by atoms with E-state index in [4.69, 9.17) is 18.0 Å². The number of rotatable bonds is 5. The molecule has 0 aliphatic heterocycles. The number of carboxylic acids is 1. The Morgan fingerprint density at radius 2 is 1.77 bits per heavy atom. The fourth-order valence-corrected chi connectivity index (χ4v) is 2.53. The van der Waals surface area contributed by atoms with Crippen LogP contribution in [0.15, 0.2) is 54.6 Å². The SMILES string of the molecule is Cc1ccc(N(C(N)=S)C(Cc2ccccc2)C(=O)O)cc1. The molecule has 0 saturated heterocycles. The van der Waals surface area contributed by atoms with Gasteiger partial charge in [-0.2, -0.15) is 0 Å². The summed E-state index contributed by atoms with van der Waals surface area (Å²) in [6.45, 7) is 1.97. The molecule has 0 amide bonds. The van der Waals surface area contributed by atoms with Gasteiger partial charge in [0.2, 0.25) is 0 Å². The summed E-state index contributed by atoms with van der Waals surface area (Å²) in [5.74, 6) is -0.961. The average Bonchev–Trinajstić information content (AvgIpc) is 2.49. The minimum Gasteiger partial charge on any atom is -0.480 e. The highest BCUT2D eigenvalue weighted by atomic mass is 32.1. The van der Waals surface area contributed by atoms with Crippen LogP contribution in [0.25, 0.3) is 0 Å². The number of carboxylic acid groups (broad SMARTS) is 1. The van der Waals surface area contributed by atoms with E-state index >= 15 is 0 Å². The summed E-state index contributed by atoms with van der Waals surface area (Å²) in [6.07, 6.45) is 0.321. The highest BCUT2D eigenvalue weighted by molar-refractivity contribution is 7.80. The van der Waals surface area contributed by atoms with Crippen molar-refractivity contribution in [3.8, 4) is 0 Å². The van der Waals surface area contributed by atoms with Crippen LogP contribution in [-0.4, -0.2) is 22.2 Å². The van der Waals surface area contributed by atoms with Gasteiger partial charge in [-0.25, -0.2) is 4.79 Å². The Balaban J connectivity index is 2.35. The van der Waals surface area contributed by atoms with Crippen molar-refractivity contribution in [2.75, 3.05) is 4.90 Å². The highest BCUT2D eigenvalue weighted by Crippen LogP contribution is 2.20. The molecule has 2 aromatic rings. The van der Waals surface area contributed by atoms with Crippen LogP contribution in [0, 0.1) is 6.92 Å². The quantitative estimate of drug-likeness (QED) is 0.831. The molecule has 2 rings (SSSR count). The van der Waals surface area contributed by atoms with Gasteiger partial charge in [0, 0.05) is 12.1 Å². The van der Waals surface area contributed by atoms with Gasteiger partial charge in [0.25, 0.3) is 0 Å². The zero-order valence-corrected chi connectivity index (χ0v) is 13.1. The smallest absolute Gasteiger partial charge is 0.327 e. The first-order valence-electron chi connectivity index (χ1n) is 6.91. The van der Waals surface area contributed by atoms with E-state index in [1.54, 1.807) is 0 Å². The molecule has 0 aliphatic carbocycles. The van der Waals surface area contributed by atoms with Crippen molar-refractivity contribution < 1.29 is 9.90 Å². The number of aryl methyl sites for hydroxylation is 1. The first kappa shape index (κ1) is 16.0. The Hall–Kier alpha value is -2.40. The molecular formula is C17H18N2O2S. The molecule has 2 aromatic carbocycles. The summed E-state index contributed by atoms with van der Waals surface area (Å²) in [6, 6.07) is 16.1. The number of benzene rings is 2. The fourth-order valence-electron chi connectivity index (χ4n) is 2.29. The summed E-state index contributed by atoms with van der Waals surface area (Å²) in [5.41, 5.74) is 8.48. The predicted octanol–water partition coefficient (Wildman–Crippen LogP) is 2.74. The maximum absolute atomic E-state index is 11.7. The fraction of sp³-hybridized carbons (Fsp3) is 0.176. The van der Waals surface area contributed by atoms with Gasteiger partial charge in [0.1, 0.15) is 6.04 Å². The minimum absolute atomic E-state index is 0.0483. The van der Waals surface area contributed by atoms with Gasteiger partial charge in [-0.15, -0.1) is 0 Å². The lowest BCUT2D eigenvalue weighted by Gasteiger charge is -2.29. The molecule has 0 bridgehead atoms. The Kier molecular flexibility index (Phi) is 5.12. The number of hydrogen-bond donors (Lipinski definition) is 2. The van der Waals surface area contributed by atoms with Crippen LogP contribution in [0.5, 0.6) is 0 Å². The van der Waals surface area contributed by atoms with Crippen molar-refractivity contribution in [2.24, 2.45) is 5.73 Å². The molecule has 0 aromatic heterocycles. The summed E-state index contributed by atoms with van der Waals surface area (Å²) >= 11 is 5.08. The number of thiocarbonyl (C=S) groups is 1. The molecule has 0 saturated carbocycles. The molecule has 3 N–H and O–H groups in total. The Labute approximate surface area is 135 Å². The third kappa shape index (κ3) is 3.83. The van der Waals surface area contributed by atoms with Crippen LogP contribution in [0.4, 0.5) is 5.69 Å². The van der Waals surface area contributed by atoms with E-state index in [1.807, 2.05) is 61.5 Å². The normalized spacial score (nSPS) is 11.7. The molecule has 1 atom stereocenters. The van der Waals surface area contributed by atoms with E-state index in [1.165, 1.54) is 4.90 Å². The maximum atomic E-state index is 11.7. The third-order valence-corrected chi connectivity index (χ3v) is 3.61. The first-order chi connectivity index (χ1) is 10.5. The van der Waals surface area contributed by atoms with E-state index < -0.39 is 12.0 Å². The third-order valence-electron chi connectivity index (χ3n) is 3.42. The lowest BCUT2D eigenvalue weighted by atomic mass is 10.0. The van der Waals surface area contributed by atoms with Gasteiger partial charge in [0.05, 0.1) is 0 Å². The largest absolute Gasteiger partial charge is 0.480 e.